The molecule has 104 valence electrons. The van der Waals surface area contributed by atoms with Gasteiger partial charge in [-0.25, -0.2) is 4.90 Å². The van der Waals surface area contributed by atoms with Crippen molar-refractivity contribution in [2.45, 2.75) is 12.8 Å². The maximum atomic E-state index is 12.5. The molecule has 5 heteroatoms. The quantitative estimate of drug-likeness (QED) is 0.616. The van der Waals surface area contributed by atoms with E-state index in [9.17, 15) is 9.59 Å². The summed E-state index contributed by atoms with van der Waals surface area (Å²) in [6, 6.07) is 5.28. The average Bonchev–Trinajstić information content (AvgIpc) is 2.72. The summed E-state index contributed by atoms with van der Waals surface area (Å²) in [4.78, 5) is 26.3. The molecule has 0 bridgehead atoms. The van der Waals surface area contributed by atoms with Crippen LogP contribution in [-0.2, 0) is 9.59 Å². The summed E-state index contributed by atoms with van der Waals surface area (Å²) < 4.78 is 5.89. The van der Waals surface area contributed by atoms with Gasteiger partial charge in [-0.3, -0.25) is 9.59 Å². The van der Waals surface area contributed by atoms with Gasteiger partial charge in [-0.1, -0.05) is 12.2 Å². The van der Waals surface area contributed by atoms with Gasteiger partial charge in [-0.2, -0.15) is 0 Å². The molecule has 0 N–H and O–H groups in total. The van der Waals surface area contributed by atoms with E-state index in [2.05, 4.69) is 15.9 Å². The summed E-state index contributed by atoms with van der Waals surface area (Å²) >= 11 is 3.41. The number of hydrogen-bond donors (Lipinski definition) is 0. The summed E-state index contributed by atoms with van der Waals surface area (Å²) in [5.74, 6) is -0.0374. The van der Waals surface area contributed by atoms with Crippen molar-refractivity contribution in [2.75, 3.05) is 12.0 Å². The van der Waals surface area contributed by atoms with Crippen LogP contribution in [0.4, 0.5) is 5.69 Å². The number of fused-ring (bicyclic) bond motifs is 1. The lowest BCUT2D eigenvalue weighted by Crippen LogP contribution is -2.31. The minimum atomic E-state index is -0.217. The van der Waals surface area contributed by atoms with E-state index in [1.807, 2.05) is 12.2 Å². The van der Waals surface area contributed by atoms with E-state index >= 15 is 0 Å². The minimum Gasteiger partial charge on any atom is -0.497 e. The Morgan fingerprint density at radius 2 is 1.75 bits per heavy atom. The smallest absolute Gasteiger partial charge is 0.238 e. The Kier molecular flexibility index (Phi) is 3.38. The average molecular weight is 336 g/mol. The second kappa shape index (κ2) is 5.05. The molecule has 1 fully saturated rings. The van der Waals surface area contributed by atoms with Crippen LogP contribution in [0.1, 0.15) is 12.8 Å². The summed E-state index contributed by atoms with van der Waals surface area (Å²) in [7, 11) is 1.56. The first-order valence-electron chi connectivity index (χ1n) is 6.50. The van der Waals surface area contributed by atoms with Crippen LogP contribution in [0.25, 0.3) is 0 Å². The normalized spacial score (nSPS) is 25.0. The van der Waals surface area contributed by atoms with Gasteiger partial charge in [0.15, 0.2) is 0 Å². The molecule has 0 spiro atoms. The van der Waals surface area contributed by atoms with Crippen LogP contribution in [0.3, 0.4) is 0 Å². The Morgan fingerprint density at radius 3 is 2.30 bits per heavy atom. The molecule has 20 heavy (non-hydrogen) atoms. The zero-order chi connectivity index (χ0) is 14.3. The topological polar surface area (TPSA) is 46.6 Å². The molecule has 1 aromatic carbocycles. The van der Waals surface area contributed by atoms with E-state index in [0.717, 1.165) is 0 Å². The van der Waals surface area contributed by atoms with Crippen molar-refractivity contribution in [3.8, 4) is 5.75 Å². The SMILES string of the molecule is COc1ccc(Br)c(N2C(=O)[C@H]3CC=CC[C@H]3C2=O)c1. The van der Waals surface area contributed by atoms with Crippen molar-refractivity contribution in [1.82, 2.24) is 0 Å². The van der Waals surface area contributed by atoms with Crippen LogP contribution in [0.2, 0.25) is 0 Å². The maximum absolute atomic E-state index is 12.5. The van der Waals surface area contributed by atoms with Crippen molar-refractivity contribution in [1.29, 1.82) is 0 Å². The molecule has 0 radical (unpaired) electrons. The summed E-state index contributed by atoms with van der Waals surface area (Å²) in [5, 5.41) is 0. The van der Waals surface area contributed by atoms with Gasteiger partial charge in [-0.15, -0.1) is 0 Å². The first kappa shape index (κ1) is 13.4. The van der Waals surface area contributed by atoms with E-state index in [0.29, 0.717) is 28.8 Å². The second-order valence-corrected chi connectivity index (χ2v) is 5.84. The number of amides is 2. The first-order valence-corrected chi connectivity index (χ1v) is 7.29. The highest BCUT2D eigenvalue weighted by Gasteiger charge is 2.48. The largest absolute Gasteiger partial charge is 0.497 e. The number of carbonyl (C=O) groups excluding carboxylic acids is 2. The minimum absolute atomic E-state index is 0.113. The van der Waals surface area contributed by atoms with Crippen LogP contribution in [0, 0.1) is 11.8 Å². The molecule has 1 saturated heterocycles. The van der Waals surface area contributed by atoms with E-state index in [-0.39, 0.29) is 23.7 Å². The second-order valence-electron chi connectivity index (χ2n) is 4.99. The number of nitrogens with zero attached hydrogens (tertiary/aromatic N) is 1. The summed E-state index contributed by atoms with van der Waals surface area (Å²) in [6.45, 7) is 0. The van der Waals surface area contributed by atoms with E-state index in [4.69, 9.17) is 4.74 Å². The van der Waals surface area contributed by atoms with Crippen molar-refractivity contribution >= 4 is 33.4 Å². The van der Waals surface area contributed by atoms with Gasteiger partial charge in [0.2, 0.25) is 11.8 Å². The molecule has 2 atom stereocenters. The lowest BCUT2D eigenvalue weighted by molar-refractivity contribution is -0.122. The van der Waals surface area contributed by atoms with Crippen LogP contribution in [-0.4, -0.2) is 18.9 Å². The van der Waals surface area contributed by atoms with Crippen LogP contribution in [0.15, 0.2) is 34.8 Å². The summed E-state index contributed by atoms with van der Waals surface area (Å²) in [6.07, 6.45) is 5.26. The van der Waals surface area contributed by atoms with Crippen molar-refractivity contribution in [2.24, 2.45) is 11.8 Å². The van der Waals surface area contributed by atoms with Crippen molar-refractivity contribution < 1.29 is 14.3 Å². The number of ether oxygens (including phenoxy) is 1. The number of halogens is 1. The molecule has 0 saturated carbocycles. The molecular formula is C15H14BrNO3. The predicted molar refractivity (Wildman–Crippen MR) is 78.5 cm³/mol. The highest BCUT2D eigenvalue weighted by molar-refractivity contribution is 9.10. The molecule has 1 aliphatic carbocycles. The highest BCUT2D eigenvalue weighted by Crippen LogP contribution is 2.40. The third kappa shape index (κ3) is 1.97. The highest BCUT2D eigenvalue weighted by atomic mass is 79.9. The fourth-order valence-electron chi connectivity index (χ4n) is 2.83. The van der Waals surface area contributed by atoms with Crippen LogP contribution >= 0.6 is 15.9 Å². The third-order valence-electron chi connectivity index (χ3n) is 3.90. The molecular weight excluding hydrogens is 322 g/mol. The van der Waals surface area contributed by atoms with Gasteiger partial charge >= 0.3 is 0 Å². The lowest BCUT2D eigenvalue weighted by Gasteiger charge is -2.17. The molecule has 4 nitrogen and oxygen atoms in total. The zero-order valence-corrected chi connectivity index (χ0v) is 12.6. The number of hydrogen-bond acceptors (Lipinski definition) is 3. The van der Waals surface area contributed by atoms with E-state index < -0.39 is 0 Å². The summed E-state index contributed by atoms with van der Waals surface area (Å²) in [5.41, 5.74) is 0.564. The molecule has 0 aromatic heterocycles. The van der Waals surface area contributed by atoms with Crippen molar-refractivity contribution in [3.05, 3.63) is 34.8 Å². The van der Waals surface area contributed by atoms with Gasteiger partial charge < -0.3 is 4.74 Å². The van der Waals surface area contributed by atoms with E-state index in [1.165, 1.54) is 4.90 Å². The molecule has 1 aromatic rings. The maximum Gasteiger partial charge on any atom is 0.238 e. The number of carbonyl (C=O) groups is 2. The lowest BCUT2D eigenvalue weighted by atomic mass is 9.85. The molecule has 2 aliphatic rings. The Labute approximate surface area is 125 Å². The standard InChI is InChI=1S/C15H14BrNO3/c1-20-9-6-7-12(16)13(8-9)17-14(18)10-4-2-3-5-11(10)15(17)19/h2-3,6-8,10-11H,4-5H2,1H3/t10-,11+. The first-order chi connectivity index (χ1) is 9.63. The van der Waals surface area contributed by atoms with Crippen molar-refractivity contribution in [3.63, 3.8) is 0 Å². The monoisotopic (exact) mass is 335 g/mol. The molecule has 3 rings (SSSR count). The number of allylic oxidation sites excluding steroid dienone is 2. The fraction of sp³-hybridized carbons (Fsp3) is 0.333. The Morgan fingerprint density at radius 1 is 1.15 bits per heavy atom. The molecule has 0 unspecified atom stereocenters. The molecule has 1 aliphatic heterocycles. The number of rotatable bonds is 2. The third-order valence-corrected chi connectivity index (χ3v) is 4.57. The van der Waals surface area contributed by atoms with Gasteiger partial charge in [0.1, 0.15) is 5.75 Å². The number of imide groups is 1. The Balaban J connectivity index is 2.02. The molecule has 1 heterocycles. The van der Waals surface area contributed by atoms with Gasteiger partial charge in [0.05, 0.1) is 24.6 Å². The number of benzene rings is 1. The number of methoxy groups -OCH3 is 1. The van der Waals surface area contributed by atoms with Crippen LogP contribution < -0.4 is 9.64 Å². The van der Waals surface area contributed by atoms with Gasteiger partial charge in [0.25, 0.3) is 0 Å². The Hall–Kier alpha value is -1.62. The van der Waals surface area contributed by atoms with Gasteiger partial charge in [0, 0.05) is 10.5 Å². The zero-order valence-electron chi connectivity index (χ0n) is 11.0. The van der Waals surface area contributed by atoms with Gasteiger partial charge in [-0.05, 0) is 40.9 Å². The molecule has 2 amide bonds. The van der Waals surface area contributed by atoms with Crippen LogP contribution in [0.5, 0.6) is 5.75 Å². The number of anilines is 1. The predicted octanol–water partition coefficient (Wildman–Crippen LogP) is 2.91. The van der Waals surface area contributed by atoms with E-state index in [1.54, 1.807) is 25.3 Å². The fourth-order valence-corrected chi connectivity index (χ4v) is 3.25. The Bertz CT molecular complexity index is 585.